The minimum atomic E-state index is -1.02. The van der Waals surface area contributed by atoms with Crippen molar-refractivity contribution in [3.8, 4) is 0 Å². The molecule has 0 fully saturated rings. The molecule has 0 aliphatic rings. The smallest absolute Gasteiger partial charge is 0.322 e. The Balaban J connectivity index is 1.96. The van der Waals surface area contributed by atoms with Gasteiger partial charge in [0.1, 0.15) is 12.1 Å². The molecular weight excluding hydrogens is 308 g/mol. The molecule has 1 aromatic heterocycles. The molecule has 0 aliphatic heterocycles. The van der Waals surface area contributed by atoms with Crippen molar-refractivity contribution >= 4 is 34.2 Å². The molecule has 1 amide bonds. The number of amides is 1. The molecule has 0 atom stereocenters. The summed E-state index contributed by atoms with van der Waals surface area (Å²) in [5.74, 6) is -1.41. The van der Waals surface area contributed by atoms with Crippen molar-refractivity contribution in [2.75, 3.05) is 17.2 Å². The number of hydrogen-bond donors (Lipinski definition) is 3. The van der Waals surface area contributed by atoms with Crippen LogP contribution in [0.15, 0.2) is 52.9 Å². The van der Waals surface area contributed by atoms with Gasteiger partial charge in [-0.05, 0) is 36.8 Å². The van der Waals surface area contributed by atoms with E-state index >= 15 is 0 Å². The molecule has 0 unspecified atom stereocenters. The summed E-state index contributed by atoms with van der Waals surface area (Å²) in [4.78, 5) is 23.4. The van der Waals surface area contributed by atoms with Gasteiger partial charge >= 0.3 is 5.97 Å². The van der Waals surface area contributed by atoms with E-state index in [0.717, 1.165) is 5.56 Å². The molecule has 0 aliphatic carbocycles. The predicted octanol–water partition coefficient (Wildman–Crippen LogP) is 3.49. The molecule has 6 heteroatoms. The maximum atomic E-state index is 12.6. The highest BCUT2D eigenvalue weighted by molar-refractivity contribution is 6.11. The first-order valence-corrected chi connectivity index (χ1v) is 7.40. The van der Waals surface area contributed by atoms with E-state index in [0.29, 0.717) is 22.3 Å². The zero-order valence-electron chi connectivity index (χ0n) is 13.0. The number of anilines is 2. The first-order valence-electron chi connectivity index (χ1n) is 7.40. The van der Waals surface area contributed by atoms with Crippen molar-refractivity contribution in [3.05, 3.63) is 59.9 Å². The van der Waals surface area contributed by atoms with E-state index in [1.165, 1.54) is 0 Å². The fourth-order valence-electron chi connectivity index (χ4n) is 2.46. The molecule has 0 radical (unpaired) electrons. The van der Waals surface area contributed by atoms with Crippen molar-refractivity contribution in [2.24, 2.45) is 0 Å². The number of nitrogens with one attached hydrogen (secondary N) is 2. The fourth-order valence-corrected chi connectivity index (χ4v) is 2.46. The summed E-state index contributed by atoms with van der Waals surface area (Å²) in [5, 5.41) is 15.1. The second-order valence-corrected chi connectivity index (χ2v) is 5.37. The van der Waals surface area contributed by atoms with Gasteiger partial charge in [0, 0.05) is 11.1 Å². The number of aliphatic carboxylic acids is 1. The number of carboxylic acids is 1. The molecule has 0 saturated carbocycles. The van der Waals surface area contributed by atoms with Crippen LogP contribution >= 0.6 is 0 Å². The van der Waals surface area contributed by atoms with Crippen LogP contribution in [0.5, 0.6) is 0 Å². The van der Waals surface area contributed by atoms with Crippen LogP contribution in [-0.2, 0) is 4.79 Å². The van der Waals surface area contributed by atoms with Crippen LogP contribution in [0.3, 0.4) is 0 Å². The summed E-state index contributed by atoms with van der Waals surface area (Å²) < 4.78 is 5.63. The summed E-state index contributed by atoms with van der Waals surface area (Å²) in [7, 11) is 0. The van der Waals surface area contributed by atoms with Crippen LogP contribution < -0.4 is 10.6 Å². The molecular formula is C18H16N2O4. The normalized spacial score (nSPS) is 10.5. The van der Waals surface area contributed by atoms with Gasteiger partial charge in [0.05, 0.1) is 5.69 Å². The molecule has 0 saturated heterocycles. The first kappa shape index (κ1) is 15.6. The van der Waals surface area contributed by atoms with Crippen molar-refractivity contribution in [3.63, 3.8) is 0 Å². The van der Waals surface area contributed by atoms with Gasteiger partial charge in [-0.2, -0.15) is 0 Å². The summed E-state index contributed by atoms with van der Waals surface area (Å²) in [6, 6.07) is 14.5. The number of hydrogen-bond acceptors (Lipinski definition) is 4. The maximum absolute atomic E-state index is 12.6. The van der Waals surface area contributed by atoms with Crippen LogP contribution in [0.25, 0.3) is 11.0 Å². The highest BCUT2D eigenvalue weighted by Crippen LogP contribution is 2.31. The van der Waals surface area contributed by atoms with E-state index in [-0.39, 0.29) is 12.3 Å². The lowest BCUT2D eigenvalue weighted by Crippen LogP contribution is -2.17. The molecule has 3 N–H and O–H groups in total. The van der Waals surface area contributed by atoms with Crippen LogP contribution in [0, 0.1) is 6.92 Å². The van der Waals surface area contributed by atoms with E-state index in [1.54, 1.807) is 30.3 Å². The Labute approximate surface area is 138 Å². The summed E-state index contributed by atoms with van der Waals surface area (Å²) in [6.45, 7) is 1.62. The minimum absolute atomic E-state index is 0.0546. The summed E-state index contributed by atoms with van der Waals surface area (Å²) in [6.07, 6.45) is 0. The Morgan fingerprint density at radius 2 is 1.92 bits per heavy atom. The third-order valence-electron chi connectivity index (χ3n) is 3.49. The van der Waals surface area contributed by atoms with Crippen molar-refractivity contribution in [2.45, 2.75) is 6.92 Å². The quantitative estimate of drug-likeness (QED) is 0.668. The minimum Gasteiger partial charge on any atom is -0.480 e. The lowest BCUT2D eigenvalue weighted by Gasteiger charge is -2.07. The third kappa shape index (κ3) is 3.22. The summed E-state index contributed by atoms with van der Waals surface area (Å²) >= 11 is 0. The van der Waals surface area contributed by atoms with Gasteiger partial charge < -0.3 is 20.2 Å². The summed E-state index contributed by atoms with van der Waals surface area (Å²) in [5.41, 5.74) is 2.55. The number of rotatable bonds is 5. The van der Waals surface area contributed by atoms with Crippen LogP contribution in [0.1, 0.15) is 16.1 Å². The van der Waals surface area contributed by atoms with Crippen molar-refractivity contribution in [1.29, 1.82) is 0 Å². The highest BCUT2D eigenvalue weighted by Gasteiger charge is 2.21. The Morgan fingerprint density at radius 3 is 2.67 bits per heavy atom. The van der Waals surface area contributed by atoms with Gasteiger partial charge in [0.2, 0.25) is 5.76 Å². The van der Waals surface area contributed by atoms with E-state index in [4.69, 9.17) is 9.52 Å². The number of carboxylic acid groups (broad SMARTS) is 1. The molecule has 6 nitrogen and oxygen atoms in total. The molecule has 3 rings (SSSR count). The zero-order chi connectivity index (χ0) is 17.1. The molecule has 0 spiro atoms. The molecule has 122 valence electrons. The van der Waals surface area contributed by atoms with Gasteiger partial charge in [-0.1, -0.05) is 24.3 Å². The van der Waals surface area contributed by atoms with Crippen LogP contribution in [-0.4, -0.2) is 23.5 Å². The predicted molar refractivity (Wildman–Crippen MR) is 91.5 cm³/mol. The Morgan fingerprint density at radius 1 is 1.12 bits per heavy atom. The molecule has 0 bridgehead atoms. The SMILES string of the molecule is Cc1cccc(NC(=O)c2oc3ccccc3c2NCC(=O)O)c1. The lowest BCUT2D eigenvalue weighted by atomic mass is 10.2. The third-order valence-corrected chi connectivity index (χ3v) is 3.49. The highest BCUT2D eigenvalue weighted by atomic mass is 16.4. The molecule has 1 heterocycles. The molecule has 2 aromatic carbocycles. The maximum Gasteiger partial charge on any atom is 0.322 e. The molecule has 3 aromatic rings. The average molecular weight is 324 g/mol. The Bertz CT molecular complexity index is 914. The average Bonchev–Trinajstić information content (AvgIpc) is 2.91. The number of carbonyl (C=O) groups is 2. The topological polar surface area (TPSA) is 91.6 Å². The zero-order valence-corrected chi connectivity index (χ0v) is 13.0. The molecule has 24 heavy (non-hydrogen) atoms. The monoisotopic (exact) mass is 324 g/mol. The van der Waals surface area contributed by atoms with E-state index < -0.39 is 11.9 Å². The van der Waals surface area contributed by atoms with Crippen LogP contribution in [0.4, 0.5) is 11.4 Å². The number of carbonyl (C=O) groups excluding carboxylic acids is 1. The Kier molecular flexibility index (Phi) is 4.20. The number of benzene rings is 2. The van der Waals surface area contributed by atoms with Gasteiger partial charge in [0.15, 0.2) is 0 Å². The second kappa shape index (κ2) is 6.45. The lowest BCUT2D eigenvalue weighted by molar-refractivity contribution is -0.134. The van der Waals surface area contributed by atoms with E-state index in [9.17, 15) is 9.59 Å². The Hall–Kier alpha value is -3.28. The first-order chi connectivity index (χ1) is 11.5. The number of aryl methyl sites for hydroxylation is 1. The van der Waals surface area contributed by atoms with Gasteiger partial charge in [0.25, 0.3) is 5.91 Å². The van der Waals surface area contributed by atoms with Crippen molar-refractivity contribution < 1.29 is 19.1 Å². The number of para-hydroxylation sites is 1. The largest absolute Gasteiger partial charge is 0.480 e. The number of furan rings is 1. The second-order valence-electron chi connectivity index (χ2n) is 5.37. The van der Waals surface area contributed by atoms with E-state index in [1.807, 2.05) is 25.1 Å². The van der Waals surface area contributed by atoms with E-state index in [2.05, 4.69) is 10.6 Å². The standard InChI is InChI=1S/C18H16N2O4/c1-11-5-4-6-12(9-11)20-18(23)17-16(19-10-15(21)22)13-7-2-3-8-14(13)24-17/h2-9,19H,10H2,1H3,(H,20,23)(H,21,22). The number of fused-ring (bicyclic) bond motifs is 1. The van der Waals surface area contributed by atoms with Crippen molar-refractivity contribution in [1.82, 2.24) is 0 Å². The fraction of sp³-hybridized carbons (Fsp3) is 0.111. The van der Waals surface area contributed by atoms with Gasteiger partial charge in [-0.15, -0.1) is 0 Å². The van der Waals surface area contributed by atoms with Gasteiger partial charge in [-0.3, -0.25) is 9.59 Å². The van der Waals surface area contributed by atoms with Gasteiger partial charge in [-0.25, -0.2) is 0 Å². The van der Waals surface area contributed by atoms with Crippen LogP contribution in [0.2, 0.25) is 0 Å².